The van der Waals surface area contributed by atoms with Crippen molar-refractivity contribution < 1.29 is 8.42 Å². The molecule has 0 atom stereocenters. The van der Waals surface area contributed by atoms with Gasteiger partial charge in [-0.2, -0.15) is 0 Å². The van der Waals surface area contributed by atoms with Gasteiger partial charge in [0.25, 0.3) is 10.0 Å². The van der Waals surface area contributed by atoms with Crippen molar-refractivity contribution in [2.45, 2.75) is 4.90 Å². The summed E-state index contributed by atoms with van der Waals surface area (Å²) in [6.45, 7) is 0. The lowest BCUT2D eigenvalue weighted by atomic mass is 10.3. The van der Waals surface area contributed by atoms with E-state index in [0.717, 1.165) is 11.3 Å². The first kappa shape index (κ1) is 14.1. The number of rotatable bonds is 3. The average molecular weight is 387 g/mol. The molecule has 0 aliphatic heterocycles. The molecule has 0 fully saturated rings. The topological polar surface area (TPSA) is 46.2 Å². The lowest BCUT2D eigenvalue weighted by molar-refractivity contribution is 0.601. The maximum atomic E-state index is 12.1. The van der Waals surface area contributed by atoms with Crippen LogP contribution in [0.25, 0.3) is 0 Å². The van der Waals surface area contributed by atoms with Crippen molar-refractivity contribution in [2.24, 2.45) is 0 Å². The van der Waals surface area contributed by atoms with E-state index in [1.165, 1.54) is 6.07 Å². The number of hydrogen-bond donors (Lipinski definition) is 1. The van der Waals surface area contributed by atoms with Crippen LogP contribution in [0.5, 0.6) is 0 Å². The van der Waals surface area contributed by atoms with Crippen LogP contribution < -0.4 is 4.72 Å². The number of nitrogens with one attached hydrogen (secondary N) is 1. The van der Waals surface area contributed by atoms with Crippen LogP contribution in [0, 0.1) is 0 Å². The smallest absolute Gasteiger partial charge is 0.264 e. The van der Waals surface area contributed by atoms with E-state index in [0.29, 0.717) is 14.5 Å². The Morgan fingerprint density at radius 3 is 2.44 bits per heavy atom. The van der Waals surface area contributed by atoms with E-state index < -0.39 is 10.0 Å². The van der Waals surface area contributed by atoms with Gasteiger partial charge in [0.15, 0.2) is 0 Å². The third-order valence-corrected chi connectivity index (χ3v) is 5.84. The summed E-state index contributed by atoms with van der Waals surface area (Å²) in [4.78, 5) is -0.0186. The minimum absolute atomic E-state index is 0.0186. The van der Waals surface area contributed by atoms with Gasteiger partial charge >= 0.3 is 0 Å². The van der Waals surface area contributed by atoms with Crippen molar-refractivity contribution in [3.8, 4) is 0 Å². The molecule has 1 heterocycles. The van der Waals surface area contributed by atoms with Crippen LogP contribution in [-0.4, -0.2) is 8.42 Å². The van der Waals surface area contributed by atoms with E-state index in [-0.39, 0.29) is 9.23 Å². The summed E-state index contributed by atoms with van der Waals surface area (Å²) in [5.74, 6) is 0. The van der Waals surface area contributed by atoms with Crippen molar-refractivity contribution in [1.82, 2.24) is 0 Å². The van der Waals surface area contributed by atoms with Crippen LogP contribution in [0.4, 0.5) is 5.69 Å². The van der Waals surface area contributed by atoms with Gasteiger partial charge in [-0.25, -0.2) is 8.42 Å². The summed E-state index contributed by atoms with van der Waals surface area (Å²) in [5, 5.41) is 0. The number of benzene rings is 1. The van der Waals surface area contributed by atoms with Gasteiger partial charge in [-0.15, -0.1) is 11.3 Å². The molecule has 0 saturated carbocycles. The predicted molar refractivity (Wildman–Crippen MR) is 79.3 cm³/mol. The zero-order valence-corrected chi connectivity index (χ0v) is 13.4. The Morgan fingerprint density at radius 1 is 1.22 bits per heavy atom. The van der Waals surface area contributed by atoms with Crippen molar-refractivity contribution in [2.75, 3.05) is 4.72 Å². The molecular weight excluding hydrogens is 381 g/mol. The molecule has 0 bridgehead atoms. The van der Waals surface area contributed by atoms with E-state index >= 15 is 0 Å². The molecule has 0 aliphatic rings. The van der Waals surface area contributed by atoms with Crippen molar-refractivity contribution in [3.63, 3.8) is 0 Å². The zero-order valence-electron chi connectivity index (χ0n) is 8.65. The molecule has 96 valence electrons. The van der Waals surface area contributed by atoms with Gasteiger partial charge in [0.1, 0.15) is 9.23 Å². The summed E-state index contributed by atoms with van der Waals surface area (Å²) in [5.41, 5.74) is 0.441. The maximum absolute atomic E-state index is 12.1. The lowest BCUT2D eigenvalue weighted by Crippen LogP contribution is -2.12. The van der Waals surface area contributed by atoms with Gasteiger partial charge < -0.3 is 0 Å². The summed E-state index contributed by atoms with van der Waals surface area (Å²) >= 11 is 15.9. The Labute approximate surface area is 127 Å². The van der Waals surface area contributed by atoms with Gasteiger partial charge in [-0.1, -0.05) is 35.3 Å². The number of hydrogen-bond acceptors (Lipinski definition) is 3. The summed E-state index contributed by atoms with van der Waals surface area (Å²) in [7, 11) is -3.73. The molecule has 1 aromatic heterocycles. The highest BCUT2D eigenvalue weighted by Gasteiger charge is 2.21. The van der Waals surface area contributed by atoms with Gasteiger partial charge in [-0.3, -0.25) is 4.72 Å². The Bertz CT molecular complexity index is 685. The van der Waals surface area contributed by atoms with Gasteiger partial charge in [0.05, 0.1) is 10.0 Å². The zero-order chi connectivity index (χ0) is 13.3. The molecule has 3 nitrogen and oxygen atoms in total. The van der Waals surface area contributed by atoms with E-state index in [9.17, 15) is 8.42 Å². The quantitative estimate of drug-likeness (QED) is 0.836. The highest BCUT2D eigenvalue weighted by atomic mass is 79.9. The monoisotopic (exact) mass is 385 g/mol. The van der Waals surface area contributed by atoms with E-state index in [2.05, 4.69) is 20.7 Å². The van der Waals surface area contributed by atoms with Gasteiger partial charge in [0, 0.05) is 4.47 Å². The van der Waals surface area contributed by atoms with E-state index in [1.807, 2.05) is 0 Å². The fraction of sp³-hybridized carbons (Fsp3) is 0. The highest BCUT2D eigenvalue weighted by Crippen LogP contribution is 2.35. The van der Waals surface area contributed by atoms with Crippen molar-refractivity contribution in [3.05, 3.63) is 43.5 Å². The average Bonchev–Trinajstić information content (AvgIpc) is 2.62. The van der Waals surface area contributed by atoms with Crippen molar-refractivity contribution in [1.29, 1.82) is 0 Å². The second kappa shape index (κ2) is 5.38. The van der Waals surface area contributed by atoms with Crippen LogP contribution in [0.2, 0.25) is 8.67 Å². The third kappa shape index (κ3) is 3.00. The fourth-order valence-electron chi connectivity index (χ4n) is 1.25. The molecule has 0 spiro atoms. The van der Waals surface area contributed by atoms with Crippen LogP contribution in [0.1, 0.15) is 0 Å². The normalized spacial score (nSPS) is 11.5. The second-order valence-electron chi connectivity index (χ2n) is 3.27. The molecule has 1 N–H and O–H groups in total. The van der Waals surface area contributed by atoms with Crippen LogP contribution in [0.3, 0.4) is 0 Å². The predicted octanol–water partition coefficient (Wildman–Crippen LogP) is 4.62. The molecule has 0 unspecified atom stereocenters. The van der Waals surface area contributed by atoms with Crippen LogP contribution >= 0.6 is 50.5 Å². The van der Waals surface area contributed by atoms with Crippen LogP contribution in [0.15, 0.2) is 39.7 Å². The summed E-state index contributed by atoms with van der Waals surface area (Å²) in [6, 6.07) is 8.22. The number of para-hydroxylation sites is 1. The first-order valence-electron chi connectivity index (χ1n) is 4.62. The largest absolute Gasteiger partial charge is 0.278 e. The molecule has 0 aliphatic carbocycles. The highest BCUT2D eigenvalue weighted by molar-refractivity contribution is 9.10. The number of thiophene rings is 1. The summed E-state index contributed by atoms with van der Waals surface area (Å²) in [6.07, 6.45) is 0. The number of anilines is 1. The maximum Gasteiger partial charge on any atom is 0.264 e. The molecule has 0 saturated heterocycles. The molecule has 0 amide bonds. The molecular formula is C10H6BrCl2NO2S2. The Hall–Kier alpha value is -0.270. The standard InChI is InChI=1S/C10H6BrCl2NO2S2/c11-6-3-1-2-4-7(6)14-18(15,16)8-5-9(12)17-10(8)13/h1-5,14H. The van der Waals surface area contributed by atoms with Crippen LogP contribution in [-0.2, 0) is 10.0 Å². The SMILES string of the molecule is O=S(=O)(Nc1ccccc1Br)c1cc(Cl)sc1Cl. The third-order valence-electron chi connectivity index (χ3n) is 2.03. The molecule has 2 aromatic rings. The Kier molecular flexibility index (Phi) is 4.23. The van der Waals surface area contributed by atoms with E-state index in [4.69, 9.17) is 23.2 Å². The molecule has 18 heavy (non-hydrogen) atoms. The Morgan fingerprint density at radius 2 is 1.89 bits per heavy atom. The summed E-state index contributed by atoms with van der Waals surface area (Å²) < 4.78 is 27.8. The second-order valence-corrected chi connectivity index (χ2v) is 8.06. The first-order valence-corrected chi connectivity index (χ1v) is 8.47. The molecule has 2 rings (SSSR count). The minimum Gasteiger partial charge on any atom is -0.278 e. The lowest BCUT2D eigenvalue weighted by Gasteiger charge is -2.08. The number of sulfonamides is 1. The van der Waals surface area contributed by atoms with Gasteiger partial charge in [0.2, 0.25) is 0 Å². The molecule has 8 heteroatoms. The van der Waals surface area contributed by atoms with Gasteiger partial charge in [-0.05, 0) is 34.1 Å². The first-order chi connectivity index (χ1) is 8.40. The van der Waals surface area contributed by atoms with Crippen molar-refractivity contribution >= 4 is 66.2 Å². The number of halogens is 3. The molecule has 1 aromatic carbocycles. The fourth-order valence-corrected chi connectivity index (χ4v) is 5.00. The Balaban J connectivity index is 2.40. The minimum atomic E-state index is -3.73. The molecule has 0 radical (unpaired) electrons. The van der Waals surface area contributed by atoms with E-state index in [1.54, 1.807) is 24.3 Å².